The Balaban J connectivity index is 1.35. The van der Waals surface area contributed by atoms with Gasteiger partial charge in [0.25, 0.3) is 0 Å². The highest BCUT2D eigenvalue weighted by molar-refractivity contribution is 9.10. The van der Waals surface area contributed by atoms with E-state index in [1.165, 1.54) is 17.2 Å². The van der Waals surface area contributed by atoms with Crippen LogP contribution in [0.4, 0.5) is 9.18 Å². The number of halogens is 2. The van der Waals surface area contributed by atoms with Crippen molar-refractivity contribution in [2.24, 2.45) is 0 Å². The molecule has 0 aromatic heterocycles. The van der Waals surface area contributed by atoms with Crippen LogP contribution in [-0.4, -0.2) is 19.2 Å². The zero-order valence-electron chi connectivity index (χ0n) is 15.4. The Kier molecular flexibility index (Phi) is 5.64. The minimum absolute atomic E-state index is 0.0103. The molecular formula is C24H17BrFNO2. The average Bonchev–Trinajstić information content (AvgIpc) is 3.05. The van der Waals surface area contributed by atoms with Crippen molar-refractivity contribution < 1.29 is 13.9 Å². The molecule has 3 aromatic rings. The van der Waals surface area contributed by atoms with Crippen LogP contribution < -0.4 is 5.32 Å². The van der Waals surface area contributed by atoms with Crippen LogP contribution in [0.25, 0.3) is 11.1 Å². The zero-order valence-corrected chi connectivity index (χ0v) is 17.0. The summed E-state index contributed by atoms with van der Waals surface area (Å²) >= 11 is 3.20. The maximum Gasteiger partial charge on any atom is 0.407 e. The number of carbonyl (C=O) groups is 1. The van der Waals surface area contributed by atoms with Gasteiger partial charge in [-0.05, 0) is 40.5 Å². The van der Waals surface area contributed by atoms with Gasteiger partial charge in [-0.3, -0.25) is 0 Å². The molecule has 1 aliphatic rings. The molecule has 3 aromatic carbocycles. The summed E-state index contributed by atoms with van der Waals surface area (Å²) in [7, 11) is 0. The number of carbonyl (C=O) groups excluding carboxylic acids is 1. The number of hydrogen-bond donors (Lipinski definition) is 1. The lowest BCUT2D eigenvalue weighted by Crippen LogP contribution is -2.26. The van der Waals surface area contributed by atoms with Gasteiger partial charge in [0, 0.05) is 10.4 Å². The summed E-state index contributed by atoms with van der Waals surface area (Å²) < 4.78 is 19.8. The van der Waals surface area contributed by atoms with Crippen molar-refractivity contribution in [3.05, 3.63) is 93.7 Å². The van der Waals surface area contributed by atoms with Crippen molar-refractivity contribution in [3.63, 3.8) is 0 Å². The van der Waals surface area contributed by atoms with Gasteiger partial charge in [-0.1, -0.05) is 76.3 Å². The molecule has 0 heterocycles. The summed E-state index contributed by atoms with van der Waals surface area (Å²) in [6, 6.07) is 21.0. The van der Waals surface area contributed by atoms with E-state index in [4.69, 9.17) is 4.74 Å². The number of rotatable bonds is 3. The van der Waals surface area contributed by atoms with Crippen LogP contribution in [0.5, 0.6) is 0 Å². The Morgan fingerprint density at radius 1 is 1.03 bits per heavy atom. The molecule has 0 aliphatic heterocycles. The number of amides is 1. The van der Waals surface area contributed by atoms with Gasteiger partial charge in [0.1, 0.15) is 12.4 Å². The van der Waals surface area contributed by atoms with Gasteiger partial charge in [-0.2, -0.15) is 0 Å². The van der Waals surface area contributed by atoms with Crippen LogP contribution in [0, 0.1) is 17.7 Å². The zero-order chi connectivity index (χ0) is 20.2. The molecule has 0 atom stereocenters. The van der Waals surface area contributed by atoms with Crippen molar-refractivity contribution in [1.82, 2.24) is 5.32 Å². The maximum atomic E-state index is 13.7. The van der Waals surface area contributed by atoms with E-state index in [1.807, 2.05) is 24.3 Å². The minimum atomic E-state index is -0.544. The lowest BCUT2D eigenvalue weighted by molar-refractivity contribution is 0.144. The maximum absolute atomic E-state index is 13.7. The lowest BCUT2D eigenvalue weighted by Gasteiger charge is -2.14. The highest BCUT2D eigenvalue weighted by atomic mass is 79.9. The van der Waals surface area contributed by atoms with Gasteiger partial charge in [-0.15, -0.1) is 0 Å². The van der Waals surface area contributed by atoms with E-state index >= 15 is 0 Å². The Bertz CT molecular complexity index is 1090. The summed E-state index contributed by atoms with van der Waals surface area (Å²) in [6.07, 6.45) is -0.544. The standard InChI is InChI=1S/C24H17BrFNO2/c25-17-12-11-16(23(26)14-17)6-5-13-27-24(28)29-15-22-20-9-3-1-7-18(20)19-8-2-4-10-21(19)22/h1-4,7-12,14,22H,13,15H2,(H,27,28). The smallest absolute Gasteiger partial charge is 0.407 e. The Labute approximate surface area is 177 Å². The normalized spacial score (nSPS) is 11.8. The van der Waals surface area contributed by atoms with Crippen LogP contribution in [0.3, 0.4) is 0 Å². The first-order chi connectivity index (χ1) is 14.1. The molecule has 0 radical (unpaired) electrons. The van der Waals surface area contributed by atoms with Crippen molar-refractivity contribution in [1.29, 1.82) is 0 Å². The second kappa shape index (κ2) is 8.50. The Morgan fingerprint density at radius 3 is 2.34 bits per heavy atom. The predicted octanol–water partition coefficient (Wildman–Crippen LogP) is 5.48. The molecule has 3 nitrogen and oxygen atoms in total. The second-order valence-electron chi connectivity index (χ2n) is 6.61. The van der Waals surface area contributed by atoms with E-state index in [9.17, 15) is 9.18 Å². The van der Waals surface area contributed by atoms with Crippen LogP contribution >= 0.6 is 15.9 Å². The van der Waals surface area contributed by atoms with Crippen LogP contribution in [0.1, 0.15) is 22.6 Å². The summed E-state index contributed by atoms with van der Waals surface area (Å²) in [5.74, 6) is 5.04. The molecule has 1 N–H and O–H groups in total. The molecule has 0 unspecified atom stereocenters. The first-order valence-corrected chi connectivity index (χ1v) is 9.95. The largest absolute Gasteiger partial charge is 0.449 e. The van der Waals surface area contributed by atoms with E-state index in [-0.39, 0.29) is 24.6 Å². The summed E-state index contributed by atoms with van der Waals surface area (Å²) in [4.78, 5) is 12.1. The van der Waals surface area contributed by atoms with Crippen molar-refractivity contribution in [2.45, 2.75) is 5.92 Å². The molecule has 0 saturated heterocycles. The molecule has 5 heteroatoms. The number of ether oxygens (including phenoxy) is 1. The first-order valence-electron chi connectivity index (χ1n) is 9.16. The number of benzene rings is 3. The van der Waals surface area contributed by atoms with Gasteiger partial charge in [0.2, 0.25) is 0 Å². The molecule has 29 heavy (non-hydrogen) atoms. The molecular weight excluding hydrogens is 433 g/mol. The van der Waals surface area contributed by atoms with Crippen molar-refractivity contribution in [2.75, 3.05) is 13.2 Å². The summed E-state index contributed by atoms with van der Waals surface area (Å²) in [5.41, 5.74) is 4.96. The van der Waals surface area contributed by atoms with Crippen LogP contribution in [0.2, 0.25) is 0 Å². The second-order valence-corrected chi connectivity index (χ2v) is 7.52. The number of hydrogen-bond acceptors (Lipinski definition) is 2. The van der Waals surface area contributed by atoms with Crippen LogP contribution in [0.15, 0.2) is 71.2 Å². The van der Waals surface area contributed by atoms with Gasteiger partial charge in [0.05, 0.1) is 12.1 Å². The van der Waals surface area contributed by atoms with E-state index in [1.54, 1.807) is 12.1 Å². The average molecular weight is 450 g/mol. The van der Waals surface area contributed by atoms with Crippen LogP contribution in [-0.2, 0) is 4.74 Å². The molecule has 4 rings (SSSR count). The quantitative estimate of drug-likeness (QED) is 0.537. The van der Waals surface area contributed by atoms with E-state index < -0.39 is 11.9 Å². The monoisotopic (exact) mass is 449 g/mol. The van der Waals surface area contributed by atoms with E-state index in [2.05, 4.69) is 57.4 Å². The predicted molar refractivity (Wildman–Crippen MR) is 114 cm³/mol. The fourth-order valence-electron chi connectivity index (χ4n) is 3.50. The number of nitrogens with one attached hydrogen (secondary N) is 1. The highest BCUT2D eigenvalue weighted by Crippen LogP contribution is 2.44. The minimum Gasteiger partial charge on any atom is -0.449 e. The van der Waals surface area contributed by atoms with E-state index in [0.717, 1.165) is 11.1 Å². The van der Waals surface area contributed by atoms with Gasteiger partial charge >= 0.3 is 6.09 Å². The van der Waals surface area contributed by atoms with Crippen molar-refractivity contribution in [3.8, 4) is 23.0 Å². The third-order valence-corrected chi connectivity index (χ3v) is 5.31. The molecule has 0 bridgehead atoms. The summed E-state index contributed by atoms with van der Waals surface area (Å²) in [6.45, 7) is 0.320. The molecule has 144 valence electrons. The summed E-state index contributed by atoms with van der Waals surface area (Å²) in [5, 5.41) is 2.59. The molecule has 1 amide bonds. The fourth-order valence-corrected chi connectivity index (χ4v) is 3.83. The molecule has 1 aliphatic carbocycles. The third kappa shape index (κ3) is 4.18. The van der Waals surface area contributed by atoms with Gasteiger partial charge in [-0.25, -0.2) is 9.18 Å². The molecule has 0 fully saturated rings. The molecule has 0 spiro atoms. The number of alkyl carbamates (subject to hydrolysis) is 1. The van der Waals surface area contributed by atoms with E-state index in [0.29, 0.717) is 4.47 Å². The number of fused-ring (bicyclic) bond motifs is 3. The lowest BCUT2D eigenvalue weighted by atomic mass is 9.98. The highest BCUT2D eigenvalue weighted by Gasteiger charge is 2.28. The SMILES string of the molecule is O=C(NCC#Cc1ccc(Br)cc1F)OCC1c2ccccc2-c2ccccc21. The van der Waals surface area contributed by atoms with Gasteiger partial charge < -0.3 is 10.1 Å². The molecule has 0 saturated carbocycles. The van der Waals surface area contributed by atoms with Gasteiger partial charge in [0.15, 0.2) is 0 Å². The fraction of sp³-hybridized carbons (Fsp3) is 0.125. The Morgan fingerprint density at radius 2 is 1.69 bits per heavy atom. The van der Waals surface area contributed by atoms with Crippen molar-refractivity contribution >= 4 is 22.0 Å². The third-order valence-electron chi connectivity index (χ3n) is 4.82. The first kappa shape index (κ1) is 19.2. The topological polar surface area (TPSA) is 38.3 Å². The Hall–Kier alpha value is -3.10.